The van der Waals surface area contributed by atoms with E-state index < -0.39 is 30.5 Å². The second kappa shape index (κ2) is 11.9. The monoisotopic (exact) mass is 464 g/mol. The molecule has 0 saturated heterocycles. The van der Waals surface area contributed by atoms with Crippen LogP contribution in [0.2, 0.25) is 13.3 Å². The van der Waals surface area contributed by atoms with Crippen molar-refractivity contribution in [3.05, 3.63) is 36.4 Å². The molecule has 5 heteroatoms. The van der Waals surface area contributed by atoms with Gasteiger partial charge >= 0.3 is 155 Å². The van der Waals surface area contributed by atoms with Crippen molar-refractivity contribution >= 4 is 22.0 Å². The van der Waals surface area contributed by atoms with Crippen LogP contribution in [0.15, 0.2) is 36.4 Å². The van der Waals surface area contributed by atoms with Gasteiger partial charge in [-0.15, -0.1) is 0 Å². The molecule has 1 rings (SSSR count). The van der Waals surface area contributed by atoms with Crippen molar-refractivity contribution in [1.82, 2.24) is 0 Å². The van der Waals surface area contributed by atoms with Crippen LogP contribution in [0.3, 0.4) is 0 Å². The Bertz CT molecular complexity index is 502. The zero-order valence-electron chi connectivity index (χ0n) is 15.7. The van der Waals surface area contributed by atoms with E-state index in [4.69, 9.17) is 0 Å². The normalized spacial score (nSPS) is 11.4. The van der Waals surface area contributed by atoms with Gasteiger partial charge in [0, 0.05) is 0 Å². The van der Waals surface area contributed by atoms with Gasteiger partial charge in [-0.1, -0.05) is 0 Å². The average Bonchev–Trinajstić information content (AvgIpc) is 2.62. The van der Waals surface area contributed by atoms with Gasteiger partial charge in [-0.2, -0.15) is 0 Å². The zero-order chi connectivity index (χ0) is 18.7. The molecule has 0 spiro atoms. The molecule has 0 fully saturated rings. The van der Waals surface area contributed by atoms with Gasteiger partial charge < -0.3 is 0 Å². The summed E-state index contributed by atoms with van der Waals surface area (Å²) in [6, 6.07) is 5.50. The summed E-state index contributed by atoms with van der Waals surface area (Å²) in [6.45, 7) is 6.69. The summed E-state index contributed by atoms with van der Waals surface area (Å²) < 4.78 is 47.3. The Kier molecular flexibility index (Phi) is 10.6. The fourth-order valence-corrected chi connectivity index (χ4v) is 19.3. The Hall–Kier alpha value is -0.651. The molecule has 25 heavy (non-hydrogen) atoms. The van der Waals surface area contributed by atoms with E-state index in [0.717, 1.165) is 0 Å². The van der Waals surface area contributed by atoms with E-state index in [9.17, 15) is 13.2 Å². The molecule has 1 nitrogen and oxygen atoms in total. The van der Waals surface area contributed by atoms with Crippen LogP contribution in [0, 0.1) is 0 Å². The first-order valence-corrected chi connectivity index (χ1v) is 17.0. The second-order valence-corrected chi connectivity index (χ2v) is 20.0. The standard InChI is InChI=1S/C8H4F3O.3C4H9.Sn/c9-7(10)8(11)12-6-4-2-1-3-5-6;3*1-3-4-2;/h2-5H;3*1,3-4H2,2H3;. The third kappa shape index (κ3) is 7.24. The number of ether oxygens (including phenoxy) is 1. The second-order valence-electron chi connectivity index (χ2n) is 6.75. The fourth-order valence-electron chi connectivity index (χ4n) is 3.37. The van der Waals surface area contributed by atoms with Crippen LogP contribution in [0.5, 0.6) is 5.75 Å². The molecule has 0 aromatic heterocycles. The number of hydrogen-bond donors (Lipinski definition) is 0. The van der Waals surface area contributed by atoms with Crippen molar-refractivity contribution in [2.24, 2.45) is 0 Å². The van der Waals surface area contributed by atoms with Gasteiger partial charge in [-0.05, 0) is 0 Å². The summed E-state index contributed by atoms with van der Waals surface area (Å²) >= 11 is -2.52. The van der Waals surface area contributed by atoms with Crippen LogP contribution < -0.4 is 8.32 Å². The molecule has 142 valence electrons. The van der Waals surface area contributed by atoms with Crippen LogP contribution >= 0.6 is 0 Å². The van der Waals surface area contributed by atoms with E-state index in [1.165, 1.54) is 55.4 Å². The van der Waals surface area contributed by atoms with E-state index in [1.54, 1.807) is 12.1 Å². The van der Waals surface area contributed by atoms with Crippen molar-refractivity contribution < 1.29 is 17.9 Å². The van der Waals surface area contributed by atoms with Gasteiger partial charge in [-0.3, -0.25) is 0 Å². The Balaban J connectivity index is 3.07. The Morgan fingerprint density at radius 2 is 1.24 bits per heavy atom. The van der Waals surface area contributed by atoms with Crippen molar-refractivity contribution in [2.75, 3.05) is 0 Å². The summed E-state index contributed by atoms with van der Waals surface area (Å²) in [5.41, 5.74) is 0. The number of unbranched alkanes of at least 4 members (excludes halogenated alkanes) is 3. The number of hydrogen-bond acceptors (Lipinski definition) is 1. The number of halogens is 3. The summed E-state index contributed by atoms with van der Waals surface area (Å²) in [5, 5.41) is 0. The third-order valence-corrected chi connectivity index (χ3v) is 20.5. The molecule has 0 heterocycles. The average molecular weight is 463 g/mol. The molecule has 0 saturated carbocycles. The van der Waals surface area contributed by atoms with E-state index in [0.29, 0.717) is 0 Å². The topological polar surface area (TPSA) is 9.23 Å². The van der Waals surface area contributed by atoms with E-state index in [-0.39, 0.29) is 5.75 Å². The molecule has 0 N–H and O–H groups in total. The van der Waals surface area contributed by atoms with Gasteiger partial charge in [0.25, 0.3) is 0 Å². The first kappa shape index (κ1) is 22.4. The van der Waals surface area contributed by atoms with Gasteiger partial charge in [0.15, 0.2) is 0 Å². The maximum absolute atomic E-state index is 13.0. The van der Waals surface area contributed by atoms with E-state index in [2.05, 4.69) is 25.5 Å². The molecule has 0 aliphatic carbocycles. The van der Waals surface area contributed by atoms with Gasteiger partial charge in [0.05, 0.1) is 0 Å². The van der Waals surface area contributed by atoms with Crippen molar-refractivity contribution in [3.63, 3.8) is 0 Å². The molecule has 0 aliphatic heterocycles. The molecular formula is C20H31F3OSn. The molecule has 1 aromatic carbocycles. The van der Waals surface area contributed by atoms with Crippen molar-refractivity contribution in [1.29, 1.82) is 0 Å². The van der Waals surface area contributed by atoms with Crippen molar-refractivity contribution in [2.45, 2.75) is 72.6 Å². The van der Waals surface area contributed by atoms with Crippen LogP contribution in [0.25, 0.3) is 0 Å². The van der Waals surface area contributed by atoms with Gasteiger partial charge in [0.1, 0.15) is 0 Å². The molecular weight excluding hydrogens is 432 g/mol. The Morgan fingerprint density at radius 3 is 1.60 bits per heavy atom. The van der Waals surface area contributed by atoms with Crippen LogP contribution in [0.1, 0.15) is 59.3 Å². The molecule has 0 bridgehead atoms. The molecule has 0 unspecified atom stereocenters. The molecule has 0 radical (unpaired) electrons. The van der Waals surface area contributed by atoms with Crippen molar-refractivity contribution in [3.8, 4) is 5.75 Å². The summed E-state index contributed by atoms with van der Waals surface area (Å²) in [4.78, 5) is 0. The van der Waals surface area contributed by atoms with Crippen LogP contribution in [-0.2, 0) is 0 Å². The first-order valence-electron chi connectivity index (χ1n) is 9.48. The zero-order valence-corrected chi connectivity index (χ0v) is 18.6. The van der Waals surface area contributed by atoms with Crippen LogP contribution in [0.4, 0.5) is 13.2 Å². The molecule has 0 amide bonds. The number of benzene rings is 1. The number of rotatable bonds is 12. The van der Waals surface area contributed by atoms with Gasteiger partial charge in [0.2, 0.25) is 0 Å². The van der Waals surface area contributed by atoms with Gasteiger partial charge in [-0.25, -0.2) is 0 Å². The van der Waals surface area contributed by atoms with E-state index >= 15 is 0 Å². The minimum atomic E-state index is -2.52. The summed E-state index contributed by atoms with van der Waals surface area (Å²) in [7, 11) is 0. The quantitative estimate of drug-likeness (QED) is 0.236. The predicted octanol–water partition coefficient (Wildman–Crippen LogP) is 7.16. The fraction of sp³-hybridized carbons (Fsp3) is 0.600. The van der Waals surface area contributed by atoms with E-state index in [1.807, 2.05) is 12.1 Å². The third-order valence-electron chi connectivity index (χ3n) is 4.85. The first-order chi connectivity index (χ1) is 12.0. The SMILES string of the molecule is CCC[CH2][Sn]([CH2]CCC)([CH2]CCC)[c]1ccc(OC(F)=C(F)F)cc1. The maximum atomic E-state index is 13.0. The molecule has 0 aliphatic rings. The molecule has 0 atom stereocenters. The summed E-state index contributed by atoms with van der Waals surface area (Å²) in [6.07, 6.45) is 4.94. The predicted molar refractivity (Wildman–Crippen MR) is 102 cm³/mol. The Labute approximate surface area is 154 Å². The summed E-state index contributed by atoms with van der Waals surface area (Å²) in [5.74, 6) is 0.135. The van der Waals surface area contributed by atoms with Crippen LogP contribution in [-0.4, -0.2) is 18.4 Å². The molecule has 1 aromatic rings. The Morgan fingerprint density at radius 1 is 0.800 bits per heavy atom. The minimum absolute atomic E-state index is 0.135.